The van der Waals surface area contributed by atoms with Crippen LogP contribution in [0.2, 0.25) is 0 Å². The Kier molecular flexibility index (Phi) is 5.09. The maximum absolute atomic E-state index is 12.1. The van der Waals surface area contributed by atoms with Crippen LogP contribution in [0.5, 0.6) is 0 Å². The number of hydroxylamine groups is 2. The number of nitrogens with zero attached hydrogens (tertiary/aromatic N) is 1. The Bertz CT molecular complexity index is 627. The van der Waals surface area contributed by atoms with Crippen molar-refractivity contribution >= 4 is 5.91 Å². The van der Waals surface area contributed by atoms with Crippen molar-refractivity contribution in [1.29, 1.82) is 0 Å². The predicted octanol–water partition coefficient (Wildman–Crippen LogP) is 4.17. The van der Waals surface area contributed by atoms with Gasteiger partial charge < -0.3 is 0 Å². The SMILES string of the molecule is O=C1C[C@@H](c2ccccc2)C[C@H](CCCc2ccccc2)N1O. The van der Waals surface area contributed by atoms with Gasteiger partial charge in [0, 0.05) is 6.42 Å². The van der Waals surface area contributed by atoms with Crippen LogP contribution in [0.1, 0.15) is 42.7 Å². The maximum atomic E-state index is 12.1. The van der Waals surface area contributed by atoms with Gasteiger partial charge in [-0.05, 0) is 42.7 Å². The number of carbonyl (C=O) groups is 1. The molecule has 0 saturated carbocycles. The second kappa shape index (κ2) is 7.42. The summed E-state index contributed by atoms with van der Waals surface area (Å²) < 4.78 is 0. The van der Waals surface area contributed by atoms with Crippen LogP contribution in [0.4, 0.5) is 0 Å². The van der Waals surface area contributed by atoms with Gasteiger partial charge in [-0.2, -0.15) is 0 Å². The van der Waals surface area contributed by atoms with Crippen LogP contribution in [0, 0.1) is 0 Å². The lowest BCUT2D eigenvalue weighted by molar-refractivity contribution is -0.184. The third-order valence-electron chi connectivity index (χ3n) is 4.70. The molecule has 120 valence electrons. The molecule has 2 aromatic rings. The molecule has 1 saturated heterocycles. The molecule has 1 fully saturated rings. The van der Waals surface area contributed by atoms with Crippen molar-refractivity contribution < 1.29 is 10.0 Å². The van der Waals surface area contributed by atoms with Crippen LogP contribution < -0.4 is 0 Å². The number of carbonyl (C=O) groups excluding carboxylic acids is 1. The minimum atomic E-state index is -0.158. The van der Waals surface area contributed by atoms with E-state index < -0.39 is 0 Å². The van der Waals surface area contributed by atoms with Gasteiger partial charge in [0.1, 0.15) is 0 Å². The first kappa shape index (κ1) is 15.8. The molecule has 0 spiro atoms. The van der Waals surface area contributed by atoms with E-state index in [2.05, 4.69) is 24.3 Å². The Labute approximate surface area is 137 Å². The van der Waals surface area contributed by atoms with Crippen molar-refractivity contribution in [3.05, 3.63) is 71.8 Å². The highest BCUT2D eigenvalue weighted by Gasteiger charge is 2.33. The highest BCUT2D eigenvalue weighted by Crippen LogP contribution is 2.33. The van der Waals surface area contributed by atoms with Gasteiger partial charge in [-0.1, -0.05) is 60.7 Å². The summed E-state index contributed by atoms with van der Waals surface area (Å²) >= 11 is 0. The Hall–Kier alpha value is -2.13. The molecule has 0 unspecified atom stereocenters. The summed E-state index contributed by atoms with van der Waals surface area (Å²) in [5, 5.41) is 11.1. The topological polar surface area (TPSA) is 40.5 Å². The van der Waals surface area contributed by atoms with E-state index >= 15 is 0 Å². The normalized spacial score (nSPS) is 21.4. The molecule has 0 radical (unpaired) electrons. The van der Waals surface area contributed by atoms with Crippen LogP contribution in [0.15, 0.2) is 60.7 Å². The van der Waals surface area contributed by atoms with Gasteiger partial charge >= 0.3 is 0 Å². The van der Waals surface area contributed by atoms with Crippen molar-refractivity contribution in [2.24, 2.45) is 0 Å². The number of hydrogen-bond donors (Lipinski definition) is 1. The lowest BCUT2D eigenvalue weighted by Crippen LogP contribution is -2.43. The number of hydrogen-bond acceptors (Lipinski definition) is 2. The molecule has 23 heavy (non-hydrogen) atoms. The average Bonchev–Trinajstić information content (AvgIpc) is 2.60. The number of piperidine rings is 1. The zero-order valence-corrected chi connectivity index (χ0v) is 13.3. The van der Waals surface area contributed by atoms with Crippen LogP contribution in [0.3, 0.4) is 0 Å². The second-order valence-electron chi connectivity index (χ2n) is 6.32. The Morgan fingerprint density at radius 2 is 1.65 bits per heavy atom. The van der Waals surface area contributed by atoms with Crippen molar-refractivity contribution in [3.63, 3.8) is 0 Å². The molecule has 0 aliphatic carbocycles. The van der Waals surface area contributed by atoms with Gasteiger partial charge in [0.05, 0.1) is 6.04 Å². The maximum Gasteiger partial charge on any atom is 0.246 e. The first-order valence-electron chi connectivity index (χ1n) is 8.34. The van der Waals surface area contributed by atoms with Crippen molar-refractivity contribution in [3.8, 4) is 0 Å². The van der Waals surface area contributed by atoms with Crippen LogP contribution >= 0.6 is 0 Å². The zero-order valence-electron chi connectivity index (χ0n) is 13.3. The van der Waals surface area contributed by atoms with Crippen LogP contribution in [-0.2, 0) is 11.2 Å². The summed E-state index contributed by atoms with van der Waals surface area (Å²) in [6.07, 6.45) is 4.02. The second-order valence-corrected chi connectivity index (χ2v) is 6.32. The van der Waals surface area contributed by atoms with E-state index in [1.54, 1.807) is 0 Å². The highest BCUT2D eigenvalue weighted by molar-refractivity contribution is 5.77. The Morgan fingerprint density at radius 1 is 1.00 bits per heavy atom. The fraction of sp³-hybridized carbons (Fsp3) is 0.350. The molecular weight excluding hydrogens is 286 g/mol. The molecule has 1 aliphatic rings. The molecule has 1 aliphatic heterocycles. The lowest BCUT2D eigenvalue weighted by Gasteiger charge is -2.35. The molecule has 1 amide bonds. The van der Waals surface area contributed by atoms with E-state index in [9.17, 15) is 10.0 Å². The molecule has 2 aromatic carbocycles. The molecule has 0 bridgehead atoms. The van der Waals surface area contributed by atoms with Crippen LogP contribution in [-0.4, -0.2) is 22.2 Å². The van der Waals surface area contributed by atoms with Crippen LogP contribution in [0.25, 0.3) is 0 Å². The predicted molar refractivity (Wildman–Crippen MR) is 90.2 cm³/mol. The molecule has 1 heterocycles. The fourth-order valence-corrected chi connectivity index (χ4v) is 3.43. The molecule has 0 aromatic heterocycles. The first-order chi connectivity index (χ1) is 11.2. The monoisotopic (exact) mass is 309 g/mol. The summed E-state index contributed by atoms with van der Waals surface area (Å²) in [5.41, 5.74) is 2.50. The first-order valence-corrected chi connectivity index (χ1v) is 8.34. The molecule has 3 nitrogen and oxygen atoms in total. The molecular formula is C20H23NO2. The van der Waals surface area contributed by atoms with E-state index in [-0.39, 0.29) is 17.9 Å². The molecule has 3 rings (SSSR count). The smallest absolute Gasteiger partial charge is 0.246 e. The van der Waals surface area contributed by atoms with E-state index in [0.29, 0.717) is 6.42 Å². The van der Waals surface area contributed by atoms with Crippen molar-refractivity contribution in [2.45, 2.75) is 44.1 Å². The quantitative estimate of drug-likeness (QED) is 0.842. The summed E-state index contributed by atoms with van der Waals surface area (Å²) in [7, 11) is 0. The lowest BCUT2D eigenvalue weighted by atomic mass is 9.84. The zero-order chi connectivity index (χ0) is 16.1. The summed E-state index contributed by atoms with van der Waals surface area (Å²) in [6.45, 7) is 0. The van der Waals surface area contributed by atoms with Crippen molar-refractivity contribution in [1.82, 2.24) is 5.06 Å². The average molecular weight is 309 g/mol. The van der Waals surface area contributed by atoms with E-state index in [0.717, 1.165) is 30.7 Å². The van der Waals surface area contributed by atoms with Gasteiger partial charge in [0.2, 0.25) is 5.91 Å². The van der Waals surface area contributed by atoms with E-state index in [1.165, 1.54) is 11.1 Å². The van der Waals surface area contributed by atoms with Crippen molar-refractivity contribution in [2.75, 3.05) is 0 Å². The van der Waals surface area contributed by atoms with E-state index in [1.807, 2.05) is 36.4 Å². The third-order valence-corrected chi connectivity index (χ3v) is 4.70. The number of benzene rings is 2. The number of amides is 1. The minimum Gasteiger partial charge on any atom is -0.286 e. The molecule has 1 N–H and O–H groups in total. The standard InChI is InChI=1S/C20H23NO2/c22-20-15-18(17-11-5-2-6-12-17)14-19(21(20)23)13-7-10-16-8-3-1-4-9-16/h1-6,8-9,11-12,18-19,23H,7,10,13-15H2/t18-,19-/m0/s1. The van der Waals surface area contributed by atoms with Gasteiger partial charge in [-0.3, -0.25) is 10.0 Å². The van der Waals surface area contributed by atoms with Gasteiger partial charge in [-0.25, -0.2) is 5.06 Å². The van der Waals surface area contributed by atoms with Gasteiger partial charge in [0.15, 0.2) is 0 Å². The molecule has 2 atom stereocenters. The number of aryl methyl sites for hydroxylation is 1. The minimum absolute atomic E-state index is 0.0785. The van der Waals surface area contributed by atoms with Gasteiger partial charge in [-0.15, -0.1) is 0 Å². The Morgan fingerprint density at radius 3 is 2.35 bits per heavy atom. The fourth-order valence-electron chi connectivity index (χ4n) is 3.43. The third kappa shape index (κ3) is 3.99. The highest BCUT2D eigenvalue weighted by atomic mass is 16.5. The summed E-state index contributed by atoms with van der Waals surface area (Å²) in [4.78, 5) is 12.1. The Balaban J connectivity index is 1.60. The van der Waals surface area contributed by atoms with E-state index in [4.69, 9.17) is 0 Å². The summed E-state index contributed by atoms with van der Waals surface area (Å²) in [5.74, 6) is 0.0589. The largest absolute Gasteiger partial charge is 0.286 e. The molecule has 3 heteroatoms. The number of rotatable bonds is 5. The summed E-state index contributed by atoms with van der Waals surface area (Å²) in [6, 6.07) is 20.4. The van der Waals surface area contributed by atoms with Gasteiger partial charge in [0.25, 0.3) is 0 Å².